The second kappa shape index (κ2) is 5.70. The molecule has 4 bridgehead atoms. The molecule has 1 aromatic carbocycles. The van der Waals surface area contributed by atoms with Crippen LogP contribution in [-0.4, -0.2) is 12.2 Å². The zero-order valence-electron chi connectivity index (χ0n) is 18.7. The number of fused-ring (bicyclic) bond motifs is 4. The molecule has 4 fully saturated rings. The summed E-state index contributed by atoms with van der Waals surface area (Å²) in [6, 6.07) is 8.49. The maximum absolute atomic E-state index is 6.52. The molecule has 4 saturated carbocycles. The van der Waals surface area contributed by atoms with E-state index in [0.717, 1.165) is 23.3 Å². The quantitative estimate of drug-likeness (QED) is 0.565. The molecular weight excluding hydrogens is 344 g/mol. The van der Waals surface area contributed by atoms with Crippen molar-refractivity contribution < 1.29 is 9.47 Å². The van der Waals surface area contributed by atoms with Crippen molar-refractivity contribution in [2.45, 2.75) is 92.3 Å². The van der Waals surface area contributed by atoms with Gasteiger partial charge >= 0.3 is 0 Å². The fraction of sp³-hybridized carbons (Fsp3) is 0.769. The van der Waals surface area contributed by atoms with Gasteiger partial charge in [0.25, 0.3) is 0 Å². The van der Waals surface area contributed by atoms with Crippen molar-refractivity contribution in [3.63, 3.8) is 0 Å². The van der Waals surface area contributed by atoms with Crippen LogP contribution >= 0.6 is 0 Å². The molecule has 5 rings (SSSR count). The van der Waals surface area contributed by atoms with Crippen LogP contribution in [0, 0.1) is 33.5 Å². The predicted octanol–water partition coefficient (Wildman–Crippen LogP) is 6.87. The third kappa shape index (κ3) is 2.27. The summed E-state index contributed by atoms with van der Waals surface area (Å²) in [4.78, 5) is 0. The van der Waals surface area contributed by atoms with Crippen molar-refractivity contribution in [2.75, 3.05) is 0 Å². The Bertz CT molecular complexity index is 698. The fourth-order valence-corrected chi connectivity index (χ4v) is 7.54. The summed E-state index contributed by atoms with van der Waals surface area (Å²) in [7, 11) is 0. The third-order valence-electron chi connectivity index (χ3n) is 10.8. The van der Waals surface area contributed by atoms with E-state index in [-0.39, 0.29) is 0 Å². The van der Waals surface area contributed by atoms with Crippen LogP contribution in [0.15, 0.2) is 24.3 Å². The van der Waals surface area contributed by atoms with E-state index in [1.54, 1.807) is 0 Å². The molecule has 6 atom stereocenters. The maximum Gasteiger partial charge on any atom is 0.120 e. The monoisotopic (exact) mass is 382 g/mol. The number of hydrogen-bond donors (Lipinski definition) is 0. The van der Waals surface area contributed by atoms with Crippen molar-refractivity contribution in [3.8, 4) is 11.5 Å². The van der Waals surface area contributed by atoms with Crippen LogP contribution in [0.1, 0.15) is 80.1 Å². The van der Waals surface area contributed by atoms with E-state index in [2.05, 4.69) is 65.8 Å². The normalized spacial score (nSPS) is 44.8. The molecule has 2 nitrogen and oxygen atoms in total. The third-order valence-corrected chi connectivity index (χ3v) is 10.8. The zero-order valence-corrected chi connectivity index (χ0v) is 18.7. The molecule has 0 amide bonds. The minimum absolute atomic E-state index is 0.302. The number of rotatable bonds is 4. The van der Waals surface area contributed by atoms with Gasteiger partial charge in [-0.25, -0.2) is 0 Å². The molecule has 0 N–H and O–H groups in total. The molecule has 2 heteroatoms. The van der Waals surface area contributed by atoms with Crippen LogP contribution in [0.3, 0.4) is 0 Å². The number of benzene rings is 1. The number of ether oxygens (including phenoxy) is 2. The highest BCUT2D eigenvalue weighted by Crippen LogP contribution is 2.67. The summed E-state index contributed by atoms with van der Waals surface area (Å²) in [6.07, 6.45) is 8.44. The molecule has 28 heavy (non-hydrogen) atoms. The van der Waals surface area contributed by atoms with E-state index >= 15 is 0 Å². The number of hydrogen-bond acceptors (Lipinski definition) is 2. The van der Waals surface area contributed by atoms with Crippen LogP contribution in [0.2, 0.25) is 0 Å². The Balaban J connectivity index is 1.27. The molecular formula is C26H38O2. The van der Waals surface area contributed by atoms with E-state index in [1.165, 1.54) is 38.5 Å². The van der Waals surface area contributed by atoms with Gasteiger partial charge in [0.2, 0.25) is 0 Å². The Morgan fingerprint density at radius 2 is 1.00 bits per heavy atom. The van der Waals surface area contributed by atoms with Gasteiger partial charge in [0.1, 0.15) is 23.7 Å². The lowest BCUT2D eigenvalue weighted by Gasteiger charge is -2.39. The lowest BCUT2D eigenvalue weighted by atomic mass is 9.70. The highest BCUT2D eigenvalue weighted by molar-refractivity contribution is 5.32. The van der Waals surface area contributed by atoms with Crippen molar-refractivity contribution in [1.82, 2.24) is 0 Å². The highest BCUT2D eigenvalue weighted by Gasteiger charge is 2.63. The van der Waals surface area contributed by atoms with Crippen LogP contribution in [-0.2, 0) is 0 Å². The average Bonchev–Trinajstić information content (AvgIpc) is 3.15. The molecule has 1 aromatic rings. The van der Waals surface area contributed by atoms with Gasteiger partial charge in [-0.15, -0.1) is 0 Å². The van der Waals surface area contributed by atoms with Gasteiger partial charge in [-0.2, -0.15) is 0 Å². The maximum atomic E-state index is 6.52. The molecule has 0 spiro atoms. The van der Waals surface area contributed by atoms with E-state index in [9.17, 15) is 0 Å². The highest BCUT2D eigenvalue weighted by atomic mass is 16.5. The minimum atomic E-state index is 0.302. The first-order chi connectivity index (χ1) is 13.1. The van der Waals surface area contributed by atoms with Gasteiger partial charge < -0.3 is 9.47 Å². The molecule has 4 aliphatic carbocycles. The summed E-state index contributed by atoms with van der Waals surface area (Å²) < 4.78 is 13.0. The Hall–Kier alpha value is -1.18. The van der Waals surface area contributed by atoms with E-state index in [1.807, 2.05) is 0 Å². The second-order valence-corrected chi connectivity index (χ2v) is 11.9. The molecule has 154 valence electrons. The fourth-order valence-electron chi connectivity index (χ4n) is 7.54. The lowest BCUT2D eigenvalue weighted by molar-refractivity contribution is 0.0278. The van der Waals surface area contributed by atoms with Gasteiger partial charge in [0.15, 0.2) is 0 Å². The Labute approximate surface area is 171 Å². The Morgan fingerprint density at radius 1 is 0.643 bits per heavy atom. The van der Waals surface area contributed by atoms with Crippen molar-refractivity contribution in [2.24, 2.45) is 33.5 Å². The van der Waals surface area contributed by atoms with E-state index in [0.29, 0.717) is 33.9 Å². The molecule has 4 aliphatic rings. The molecule has 0 unspecified atom stereocenters. The second-order valence-electron chi connectivity index (χ2n) is 11.9. The van der Waals surface area contributed by atoms with E-state index in [4.69, 9.17) is 9.47 Å². The van der Waals surface area contributed by atoms with Crippen LogP contribution in [0.4, 0.5) is 0 Å². The van der Waals surface area contributed by atoms with Crippen LogP contribution < -0.4 is 9.47 Å². The van der Waals surface area contributed by atoms with Gasteiger partial charge in [0, 0.05) is 10.8 Å². The van der Waals surface area contributed by atoms with E-state index < -0.39 is 0 Å². The molecule has 0 saturated heterocycles. The molecule has 0 heterocycles. The SMILES string of the molecule is CC1(C)[C@H]2CC[C@@]1(C)[C@H](Oc1ccc(O[C@H]3C[C@H]4CC[C@@]3(C)C4(C)C)cc1)C2. The van der Waals surface area contributed by atoms with Crippen molar-refractivity contribution in [3.05, 3.63) is 24.3 Å². The molecule has 0 radical (unpaired) electrons. The standard InChI is InChI=1S/C26H38O2/c1-23(2)17-11-13-25(23,5)21(15-17)27-19-7-9-20(10-8-19)28-22-16-18-12-14-26(22,6)24(18,3)4/h7-10,17-18,21-22H,11-16H2,1-6H3/t17-,18+,21+,22-,25-,26+. The molecule has 0 aromatic heterocycles. The van der Waals surface area contributed by atoms with Gasteiger partial charge in [-0.1, -0.05) is 41.5 Å². The zero-order chi connectivity index (χ0) is 19.9. The average molecular weight is 383 g/mol. The Kier molecular flexibility index (Phi) is 3.83. The van der Waals surface area contributed by atoms with Crippen LogP contribution in [0.5, 0.6) is 11.5 Å². The van der Waals surface area contributed by atoms with Crippen LogP contribution in [0.25, 0.3) is 0 Å². The van der Waals surface area contributed by atoms with Crippen molar-refractivity contribution in [1.29, 1.82) is 0 Å². The summed E-state index contributed by atoms with van der Waals surface area (Å²) in [5.74, 6) is 3.63. The van der Waals surface area contributed by atoms with Gasteiger partial charge in [-0.3, -0.25) is 0 Å². The summed E-state index contributed by atoms with van der Waals surface area (Å²) in [5.41, 5.74) is 1.39. The summed E-state index contributed by atoms with van der Waals surface area (Å²) in [5, 5.41) is 0. The largest absolute Gasteiger partial charge is 0.490 e. The van der Waals surface area contributed by atoms with Gasteiger partial charge in [0.05, 0.1) is 0 Å². The first kappa shape index (κ1) is 18.8. The topological polar surface area (TPSA) is 18.5 Å². The first-order valence-electron chi connectivity index (χ1n) is 11.5. The lowest BCUT2D eigenvalue weighted by Crippen LogP contribution is -2.39. The minimum Gasteiger partial charge on any atom is -0.490 e. The van der Waals surface area contributed by atoms with Crippen molar-refractivity contribution >= 4 is 0 Å². The smallest absolute Gasteiger partial charge is 0.120 e. The van der Waals surface area contributed by atoms with Gasteiger partial charge in [-0.05, 0) is 85.5 Å². The Morgan fingerprint density at radius 3 is 1.25 bits per heavy atom. The predicted molar refractivity (Wildman–Crippen MR) is 114 cm³/mol. The first-order valence-corrected chi connectivity index (χ1v) is 11.5. The summed E-state index contributed by atoms with van der Waals surface area (Å²) >= 11 is 0. The molecule has 0 aliphatic heterocycles. The summed E-state index contributed by atoms with van der Waals surface area (Å²) in [6.45, 7) is 14.7.